The first-order chi connectivity index (χ1) is 8.56. The van der Waals surface area contributed by atoms with E-state index in [0.717, 1.165) is 31.5 Å². The van der Waals surface area contributed by atoms with Crippen LogP contribution in [0.5, 0.6) is 0 Å². The lowest BCUT2D eigenvalue weighted by atomic mass is 10.2. The van der Waals surface area contributed by atoms with Gasteiger partial charge in [0.15, 0.2) is 0 Å². The molecule has 1 rings (SSSR count). The predicted octanol–water partition coefficient (Wildman–Crippen LogP) is 1.78. The van der Waals surface area contributed by atoms with Gasteiger partial charge in [0, 0.05) is 32.0 Å². The highest BCUT2D eigenvalue weighted by molar-refractivity contribution is 5.66. The van der Waals surface area contributed by atoms with Gasteiger partial charge < -0.3 is 15.7 Å². The Morgan fingerprint density at radius 1 is 1.39 bits per heavy atom. The van der Waals surface area contributed by atoms with E-state index in [2.05, 4.69) is 0 Å². The molecule has 0 aliphatic rings. The number of nitro groups is 1. The number of nitrogens with zero attached hydrogens (tertiary/aromatic N) is 2. The van der Waals surface area contributed by atoms with Crippen molar-refractivity contribution in [3.8, 4) is 0 Å². The van der Waals surface area contributed by atoms with E-state index in [1.165, 1.54) is 6.07 Å². The summed E-state index contributed by atoms with van der Waals surface area (Å²) in [6.07, 6.45) is 2.73. The van der Waals surface area contributed by atoms with Crippen LogP contribution in [0.15, 0.2) is 18.2 Å². The van der Waals surface area contributed by atoms with Gasteiger partial charge in [-0.15, -0.1) is 0 Å². The van der Waals surface area contributed by atoms with Crippen LogP contribution in [0, 0.1) is 10.1 Å². The van der Waals surface area contributed by atoms with Crippen LogP contribution in [0.4, 0.5) is 17.1 Å². The summed E-state index contributed by atoms with van der Waals surface area (Å²) in [5, 5.41) is 19.3. The van der Waals surface area contributed by atoms with Crippen LogP contribution in [-0.2, 0) is 0 Å². The van der Waals surface area contributed by atoms with E-state index in [0.29, 0.717) is 0 Å². The monoisotopic (exact) mass is 253 g/mol. The second-order valence-electron chi connectivity index (χ2n) is 4.21. The molecule has 0 radical (unpaired) electrons. The van der Waals surface area contributed by atoms with Gasteiger partial charge in [0.2, 0.25) is 0 Å². The fourth-order valence-electron chi connectivity index (χ4n) is 1.71. The van der Waals surface area contributed by atoms with Gasteiger partial charge >= 0.3 is 0 Å². The molecule has 18 heavy (non-hydrogen) atoms. The molecular weight excluding hydrogens is 234 g/mol. The number of aliphatic hydroxyl groups is 1. The molecule has 6 nitrogen and oxygen atoms in total. The number of anilines is 2. The zero-order valence-electron chi connectivity index (χ0n) is 10.5. The Morgan fingerprint density at radius 2 is 2.11 bits per heavy atom. The molecule has 0 fully saturated rings. The van der Waals surface area contributed by atoms with E-state index in [1.54, 1.807) is 12.1 Å². The van der Waals surface area contributed by atoms with Gasteiger partial charge in [-0.2, -0.15) is 0 Å². The van der Waals surface area contributed by atoms with Gasteiger partial charge in [0.25, 0.3) is 5.69 Å². The minimum atomic E-state index is -0.486. The fourth-order valence-corrected chi connectivity index (χ4v) is 1.71. The van der Waals surface area contributed by atoms with E-state index in [4.69, 9.17) is 10.8 Å². The van der Waals surface area contributed by atoms with Crippen molar-refractivity contribution in [2.24, 2.45) is 0 Å². The van der Waals surface area contributed by atoms with Crippen LogP contribution in [0.2, 0.25) is 0 Å². The Morgan fingerprint density at radius 3 is 2.67 bits per heavy atom. The van der Waals surface area contributed by atoms with Gasteiger partial charge in [-0.3, -0.25) is 10.1 Å². The largest absolute Gasteiger partial charge is 0.396 e. The molecule has 0 aromatic heterocycles. The zero-order valence-corrected chi connectivity index (χ0v) is 10.5. The highest BCUT2D eigenvalue weighted by Crippen LogP contribution is 2.26. The van der Waals surface area contributed by atoms with Gasteiger partial charge in [0.1, 0.15) is 5.69 Å². The minimum absolute atomic E-state index is 0.0626. The normalized spacial score (nSPS) is 10.3. The second kappa shape index (κ2) is 6.80. The topological polar surface area (TPSA) is 92.6 Å². The summed E-state index contributed by atoms with van der Waals surface area (Å²) in [6, 6.07) is 4.74. The number of nitrogens with two attached hydrogens (primary N) is 1. The third kappa shape index (κ3) is 3.89. The molecule has 6 heteroatoms. The van der Waals surface area contributed by atoms with Gasteiger partial charge in [-0.25, -0.2) is 0 Å². The molecule has 1 aromatic carbocycles. The van der Waals surface area contributed by atoms with E-state index in [1.807, 2.05) is 11.9 Å². The van der Waals surface area contributed by atoms with Crippen LogP contribution in [-0.4, -0.2) is 30.2 Å². The van der Waals surface area contributed by atoms with Gasteiger partial charge in [-0.05, 0) is 31.4 Å². The maximum absolute atomic E-state index is 10.6. The van der Waals surface area contributed by atoms with E-state index < -0.39 is 4.92 Å². The number of benzene rings is 1. The van der Waals surface area contributed by atoms with Crippen molar-refractivity contribution in [3.05, 3.63) is 28.3 Å². The first kappa shape index (κ1) is 14.2. The van der Waals surface area contributed by atoms with Crippen molar-refractivity contribution < 1.29 is 10.0 Å². The summed E-state index contributed by atoms with van der Waals surface area (Å²) in [4.78, 5) is 12.1. The summed E-state index contributed by atoms with van der Waals surface area (Å²) in [5.74, 6) is 0. The summed E-state index contributed by atoms with van der Waals surface area (Å²) >= 11 is 0. The number of rotatable bonds is 7. The lowest BCUT2D eigenvalue weighted by molar-refractivity contribution is -0.383. The van der Waals surface area contributed by atoms with Crippen molar-refractivity contribution >= 4 is 17.1 Å². The van der Waals surface area contributed by atoms with Crippen LogP contribution in [0.1, 0.15) is 19.3 Å². The lowest BCUT2D eigenvalue weighted by Gasteiger charge is -2.19. The Hall–Kier alpha value is -1.82. The van der Waals surface area contributed by atoms with Crippen molar-refractivity contribution in [2.45, 2.75) is 19.3 Å². The summed E-state index contributed by atoms with van der Waals surface area (Å²) in [6.45, 7) is 1.05. The van der Waals surface area contributed by atoms with Gasteiger partial charge in [-0.1, -0.05) is 0 Å². The number of aliphatic hydroxyl groups excluding tert-OH is 1. The molecule has 0 saturated heterocycles. The summed E-state index contributed by atoms with van der Waals surface area (Å²) < 4.78 is 0. The molecular formula is C12H19N3O3. The van der Waals surface area contributed by atoms with E-state index in [-0.39, 0.29) is 18.0 Å². The van der Waals surface area contributed by atoms with Crippen LogP contribution >= 0.6 is 0 Å². The Bertz CT molecular complexity index is 410. The summed E-state index contributed by atoms with van der Waals surface area (Å²) in [7, 11) is 1.92. The Kier molecular flexibility index (Phi) is 5.38. The second-order valence-corrected chi connectivity index (χ2v) is 4.21. The molecule has 0 aliphatic heterocycles. The fraction of sp³-hybridized carbons (Fsp3) is 0.500. The Balaban J connectivity index is 2.61. The average molecular weight is 253 g/mol. The van der Waals surface area contributed by atoms with Crippen molar-refractivity contribution in [3.63, 3.8) is 0 Å². The third-order valence-corrected chi connectivity index (χ3v) is 2.80. The molecule has 100 valence electrons. The maximum Gasteiger partial charge on any atom is 0.292 e. The van der Waals surface area contributed by atoms with Crippen molar-refractivity contribution in [2.75, 3.05) is 30.8 Å². The molecule has 1 aromatic rings. The SMILES string of the molecule is CN(CCCCCO)c1ccc([N+](=O)[O-])c(N)c1. The highest BCUT2D eigenvalue weighted by Gasteiger charge is 2.12. The first-order valence-electron chi connectivity index (χ1n) is 5.92. The average Bonchev–Trinajstić information content (AvgIpc) is 2.33. The Labute approximate surface area is 106 Å². The molecule has 0 heterocycles. The first-order valence-corrected chi connectivity index (χ1v) is 5.92. The van der Waals surface area contributed by atoms with Crippen molar-refractivity contribution in [1.29, 1.82) is 0 Å². The zero-order chi connectivity index (χ0) is 13.5. The van der Waals surface area contributed by atoms with Crippen molar-refractivity contribution in [1.82, 2.24) is 0 Å². The minimum Gasteiger partial charge on any atom is -0.396 e. The van der Waals surface area contributed by atoms with Crippen LogP contribution < -0.4 is 10.6 Å². The molecule has 0 bridgehead atoms. The van der Waals surface area contributed by atoms with Crippen LogP contribution in [0.3, 0.4) is 0 Å². The standard InChI is InChI=1S/C12H19N3O3/c1-14(7-3-2-4-8-16)10-5-6-12(15(17)18)11(13)9-10/h5-6,9,16H,2-4,7-8,13H2,1H3. The number of hydrogen-bond acceptors (Lipinski definition) is 5. The van der Waals surface area contributed by atoms with E-state index in [9.17, 15) is 10.1 Å². The predicted molar refractivity (Wildman–Crippen MR) is 71.7 cm³/mol. The van der Waals surface area contributed by atoms with Gasteiger partial charge in [0.05, 0.1) is 4.92 Å². The number of hydrogen-bond donors (Lipinski definition) is 2. The highest BCUT2D eigenvalue weighted by atomic mass is 16.6. The molecule has 0 spiro atoms. The quantitative estimate of drug-likeness (QED) is 0.334. The smallest absolute Gasteiger partial charge is 0.292 e. The third-order valence-electron chi connectivity index (χ3n) is 2.80. The molecule has 0 atom stereocenters. The van der Waals surface area contributed by atoms with E-state index >= 15 is 0 Å². The lowest BCUT2D eigenvalue weighted by Crippen LogP contribution is -2.18. The molecule has 0 saturated carbocycles. The summed E-state index contributed by atoms with van der Waals surface area (Å²) in [5.41, 5.74) is 6.62. The maximum atomic E-state index is 10.6. The number of nitro benzene ring substituents is 1. The van der Waals surface area contributed by atoms with Crippen LogP contribution in [0.25, 0.3) is 0 Å². The molecule has 3 N–H and O–H groups in total. The molecule has 0 aliphatic carbocycles. The number of nitrogen functional groups attached to an aromatic ring is 1. The molecule has 0 amide bonds. The number of unbranched alkanes of at least 4 members (excludes halogenated alkanes) is 2. The molecule has 0 unspecified atom stereocenters.